The fraction of sp³-hybridized carbons (Fsp3) is 0.429. The van der Waals surface area contributed by atoms with Gasteiger partial charge in [-0.1, -0.05) is 98.6 Å². The summed E-state index contributed by atoms with van der Waals surface area (Å²) in [7, 11) is 0. The van der Waals surface area contributed by atoms with Crippen LogP contribution in [-0.2, 0) is 11.3 Å². The number of aromatic nitrogens is 2. The molecule has 3 aromatic rings. The second kappa shape index (κ2) is 12.1. The fourth-order valence-electron chi connectivity index (χ4n) is 4.60. The molecule has 1 aromatic heterocycles. The van der Waals surface area contributed by atoms with E-state index in [-0.39, 0.29) is 5.91 Å². The van der Waals surface area contributed by atoms with E-state index < -0.39 is 0 Å². The summed E-state index contributed by atoms with van der Waals surface area (Å²) in [6.07, 6.45) is 8.57. The Morgan fingerprint density at radius 2 is 1.67 bits per heavy atom. The fourth-order valence-corrected chi connectivity index (χ4v) is 5.57. The summed E-state index contributed by atoms with van der Waals surface area (Å²) in [5.41, 5.74) is 4.55. The number of hydrogen-bond donors (Lipinski definition) is 1. The summed E-state index contributed by atoms with van der Waals surface area (Å²) in [5, 5.41) is 4.28. The smallest absolute Gasteiger partial charge is 0.220 e. The van der Waals surface area contributed by atoms with Gasteiger partial charge in [-0.3, -0.25) is 4.79 Å². The SMILES string of the molecule is CCCn1c(SCCCC(=O)NC2CCCCC2)nc(-c2ccccc2)c1-c1ccccc1. The van der Waals surface area contributed by atoms with Gasteiger partial charge >= 0.3 is 0 Å². The van der Waals surface area contributed by atoms with Crippen molar-refractivity contribution in [2.75, 3.05) is 5.75 Å². The van der Waals surface area contributed by atoms with Gasteiger partial charge in [0.2, 0.25) is 5.91 Å². The third kappa shape index (κ3) is 6.29. The summed E-state index contributed by atoms with van der Waals surface area (Å²) in [5.74, 6) is 1.09. The number of hydrogen-bond acceptors (Lipinski definition) is 3. The average molecular weight is 462 g/mol. The molecule has 0 saturated heterocycles. The lowest BCUT2D eigenvalue weighted by Gasteiger charge is -2.22. The van der Waals surface area contributed by atoms with Gasteiger partial charge in [-0.2, -0.15) is 0 Å². The molecule has 5 heteroatoms. The van der Waals surface area contributed by atoms with Crippen LogP contribution in [0.15, 0.2) is 65.8 Å². The first-order valence-electron chi connectivity index (χ1n) is 12.4. The van der Waals surface area contributed by atoms with Crippen LogP contribution in [0.3, 0.4) is 0 Å². The van der Waals surface area contributed by atoms with E-state index in [1.165, 1.54) is 30.5 Å². The van der Waals surface area contributed by atoms with Crippen molar-refractivity contribution >= 4 is 17.7 Å². The van der Waals surface area contributed by atoms with Crippen LogP contribution in [0.5, 0.6) is 0 Å². The molecule has 0 spiro atoms. The Bertz CT molecular complexity index is 1010. The molecule has 1 aliphatic rings. The largest absolute Gasteiger partial charge is 0.353 e. The molecule has 0 atom stereocenters. The zero-order valence-corrected chi connectivity index (χ0v) is 20.4. The van der Waals surface area contributed by atoms with Gasteiger partial charge in [0.15, 0.2) is 5.16 Å². The molecule has 4 rings (SSSR count). The highest BCUT2D eigenvalue weighted by atomic mass is 32.2. The van der Waals surface area contributed by atoms with Gasteiger partial charge in [-0.05, 0) is 25.7 Å². The first-order chi connectivity index (χ1) is 16.3. The average Bonchev–Trinajstić information content (AvgIpc) is 3.22. The van der Waals surface area contributed by atoms with Crippen LogP contribution >= 0.6 is 11.8 Å². The van der Waals surface area contributed by atoms with Crippen molar-refractivity contribution < 1.29 is 4.79 Å². The lowest BCUT2D eigenvalue weighted by molar-refractivity contribution is -0.122. The predicted octanol–water partition coefficient (Wildman–Crippen LogP) is 6.95. The van der Waals surface area contributed by atoms with Crippen LogP contribution in [0.1, 0.15) is 58.3 Å². The molecule has 0 aliphatic heterocycles. The molecule has 0 unspecified atom stereocenters. The Kier molecular flexibility index (Phi) is 8.65. The molecule has 1 aliphatic carbocycles. The van der Waals surface area contributed by atoms with Crippen molar-refractivity contribution in [3.63, 3.8) is 0 Å². The number of amides is 1. The topological polar surface area (TPSA) is 46.9 Å². The molecule has 1 amide bonds. The summed E-state index contributed by atoms with van der Waals surface area (Å²) >= 11 is 1.77. The summed E-state index contributed by atoms with van der Waals surface area (Å²) in [4.78, 5) is 17.5. The van der Waals surface area contributed by atoms with E-state index in [0.717, 1.165) is 54.4 Å². The standard InChI is InChI=1S/C28H35N3OS/c1-2-20-31-27(23-15-8-4-9-16-23)26(22-13-6-3-7-14-22)30-28(31)33-21-12-19-25(32)29-24-17-10-5-11-18-24/h3-4,6-9,13-16,24H,2,5,10-12,17-21H2,1H3,(H,29,32). The van der Waals surface area contributed by atoms with E-state index in [0.29, 0.717) is 12.5 Å². The summed E-state index contributed by atoms with van der Waals surface area (Å²) in [6, 6.07) is 21.4. The van der Waals surface area contributed by atoms with Gasteiger partial charge < -0.3 is 9.88 Å². The highest BCUT2D eigenvalue weighted by Gasteiger charge is 2.20. The lowest BCUT2D eigenvalue weighted by Crippen LogP contribution is -2.36. The highest BCUT2D eigenvalue weighted by molar-refractivity contribution is 7.99. The number of carbonyl (C=O) groups is 1. The van der Waals surface area contributed by atoms with Crippen molar-refractivity contribution in [3.05, 3.63) is 60.7 Å². The van der Waals surface area contributed by atoms with Crippen molar-refractivity contribution in [3.8, 4) is 22.5 Å². The second-order valence-corrected chi connectivity index (χ2v) is 9.89. The Balaban J connectivity index is 1.48. The molecule has 1 fully saturated rings. The number of nitrogens with zero attached hydrogens (tertiary/aromatic N) is 2. The van der Waals surface area contributed by atoms with E-state index in [1.54, 1.807) is 11.8 Å². The Morgan fingerprint density at radius 1 is 1.00 bits per heavy atom. The zero-order chi connectivity index (χ0) is 22.9. The first-order valence-corrected chi connectivity index (χ1v) is 13.4. The molecule has 1 N–H and O–H groups in total. The summed E-state index contributed by atoms with van der Waals surface area (Å²) < 4.78 is 2.37. The van der Waals surface area contributed by atoms with Gasteiger partial charge in [-0.15, -0.1) is 0 Å². The predicted molar refractivity (Wildman–Crippen MR) is 138 cm³/mol. The third-order valence-electron chi connectivity index (χ3n) is 6.22. The molecule has 0 bridgehead atoms. The lowest BCUT2D eigenvalue weighted by atomic mass is 9.95. The molecular weight excluding hydrogens is 426 g/mol. The van der Waals surface area contributed by atoms with Gasteiger partial charge in [0.05, 0.1) is 11.4 Å². The molecule has 4 nitrogen and oxygen atoms in total. The molecule has 174 valence electrons. The molecule has 33 heavy (non-hydrogen) atoms. The van der Waals surface area contributed by atoms with Crippen LogP contribution in [-0.4, -0.2) is 27.3 Å². The maximum atomic E-state index is 12.4. The van der Waals surface area contributed by atoms with Crippen LogP contribution in [0.2, 0.25) is 0 Å². The van der Waals surface area contributed by atoms with E-state index in [2.05, 4.69) is 71.4 Å². The van der Waals surface area contributed by atoms with Gasteiger partial charge in [-0.25, -0.2) is 4.98 Å². The maximum absolute atomic E-state index is 12.4. The minimum absolute atomic E-state index is 0.203. The Labute approximate surface area is 202 Å². The highest BCUT2D eigenvalue weighted by Crippen LogP contribution is 2.36. The van der Waals surface area contributed by atoms with E-state index >= 15 is 0 Å². The minimum Gasteiger partial charge on any atom is -0.353 e. The Hall–Kier alpha value is -2.53. The van der Waals surface area contributed by atoms with Crippen LogP contribution in [0, 0.1) is 0 Å². The molecule has 1 saturated carbocycles. The Morgan fingerprint density at radius 3 is 2.33 bits per heavy atom. The molecule has 2 aromatic carbocycles. The number of nitrogens with one attached hydrogen (secondary N) is 1. The first kappa shape index (κ1) is 23.6. The molecular formula is C28H35N3OS. The van der Waals surface area contributed by atoms with Crippen LogP contribution in [0.25, 0.3) is 22.5 Å². The third-order valence-corrected chi connectivity index (χ3v) is 7.29. The van der Waals surface area contributed by atoms with E-state index in [1.807, 2.05) is 6.07 Å². The van der Waals surface area contributed by atoms with Gasteiger partial charge in [0.25, 0.3) is 0 Å². The number of benzene rings is 2. The van der Waals surface area contributed by atoms with E-state index in [9.17, 15) is 4.79 Å². The van der Waals surface area contributed by atoms with Gasteiger partial charge in [0, 0.05) is 35.9 Å². The minimum atomic E-state index is 0.203. The monoisotopic (exact) mass is 461 g/mol. The van der Waals surface area contributed by atoms with Crippen LogP contribution < -0.4 is 5.32 Å². The zero-order valence-electron chi connectivity index (χ0n) is 19.6. The number of thioether (sulfide) groups is 1. The quantitative estimate of drug-likeness (QED) is 0.262. The van der Waals surface area contributed by atoms with Gasteiger partial charge in [0.1, 0.15) is 0 Å². The molecule has 1 heterocycles. The number of carbonyl (C=O) groups excluding carboxylic acids is 1. The maximum Gasteiger partial charge on any atom is 0.220 e. The number of rotatable bonds is 10. The van der Waals surface area contributed by atoms with Crippen molar-refractivity contribution in [1.29, 1.82) is 0 Å². The van der Waals surface area contributed by atoms with E-state index in [4.69, 9.17) is 4.98 Å². The normalized spacial score (nSPS) is 14.3. The van der Waals surface area contributed by atoms with Crippen molar-refractivity contribution in [2.45, 2.75) is 76.0 Å². The van der Waals surface area contributed by atoms with Crippen molar-refractivity contribution in [2.24, 2.45) is 0 Å². The van der Waals surface area contributed by atoms with Crippen molar-refractivity contribution in [1.82, 2.24) is 14.9 Å². The second-order valence-electron chi connectivity index (χ2n) is 8.83. The summed E-state index contributed by atoms with van der Waals surface area (Å²) in [6.45, 7) is 3.13. The van der Waals surface area contributed by atoms with Crippen LogP contribution in [0.4, 0.5) is 0 Å². The number of imidazole rings is 1. The molecule has 0 radical (unpaired) electrons.